The molecule has 4 heteroatoms. The fourth-order valence-electron chi connectivity index (χ4n) is 2.14. The van der Waals surface area contributed by atoms with Gasteiger partial charge in [-0.25, -0.2) is 13.6 Å². The van der Waals surface area contributed by atoms with Crippen molar-refractivity contribution in [2.45, 2.75) is 59.1 Å². The van der Waals surface area contributed by atoms with E-state index < -0.39 is 14.8 Å². The fraction of sp³-hybridized carbons (Fsp3) is 1.00. The first kappa shape index (κ1) is 14.9. The van der Waals surface area contributed by atoms with Crippen molar-refractivity contribution in [3.63, 3.8) is 0 Å². The molecule has 0 saturated carbocycles. The summed E-state index contributed by atoms with van der Waals surface area (Å²) in [6.07, 6.45) is 1.77. The molecule has 0 spiro atoms. The van der Waals surface area contributed by atoms with Gasteiger partial charge < -0.3 is 0 Å². The molecule has 0 aliphatic heterocycles. The van der Waals surface area contributed by atoms with E-state index >= 15 is 0 Å². The average molecular weight is 235 g/mol. The van der Waals surface area contributed by atoms with E-state index in [9.17, 15) is 8.42 Å². The second-order valence-corrected chi connectivity index (χ2v) is 7.25. The number of primary sulfonamides is 1. The van der Waals surface area contributed by atoms with Gasteiger partial charge in [0, 0.05) is 0 Å². The van der Waals surface area contributed by atoms with E-state index in [0.717, 1.165) is 12.8 Å². The standard InChI is InChI=1S/C11H25NO2S/c1-7-9(3)11(6,8-2)10(4,5)15(12,13)14/h9H,7-8H2,1-6H3,(H2,12,13,14). The molecule has 92 valence electrons. The lowest BCUT2D eigenvalue weighted by atomic mass is 9.66. The molecule has 0 heterocycles. The van der Waals surface area contributed by atoms with Gasteiger partial charge >= 0.3 is 0 Å². The number of rotatable bonds is 5. The van der Waals surface area contributed by atoms with Gasteiger partial charge in [-0.2, -0.15) is 0 Å². The zero-order valence-corrected chi connectivity index (χ0v) is 11.6. The molecule has 0 aliphatic rings. The summed E-state index contributed by atoms with van der Waals surface area (Å²) in [7, 11) is -3.53. The minimum absolute atomic E-state index is 0.282. The lowest BCUT2D eigenvalue weighted by Gasteiger charge is -2.46. The summed E-state index contributed by atoms with van der Waals surface area (Å²) in [6.45, 7) is 11.7. The molecule has 0 bridgehead atoms. The van der Waals surface area contributed by atoms with Crippen LogP contribution in [0.2, 0.25) is 0 Å². The van der Waals surface area contributed by atoms with Gasteiger partial charge in [-0.15, -0.1) is 0 Å². The Morgan fingerprint density at radius 2 is 1.60 bits per heavy atom. The third-order valence-electron chi connectivity index (χ3n) is 4.52. The van der Waals surface area contributed by atoms with Crippen LogP contribution in [0.5, 0.6) is 0 Å². The Morgan fingerprint density at radius 1 is 1.20 bits per heavy atom. The molecule has 15 heavy (non-hydrogen) atoms. The Hall–Kier alpha value is -0.0900. The molecule has 0 aromatic carbocycles. The Kier molecular flexibility index (Phi) is 4.39. The van der Waals surface area contributed by atoms with Crippen LogP contribution in [0.25, 0.3) is 0 Å². The van der Waals surface area contributed by atoms with Crippen molar-refractivity contribution in [2.24, 2.45) is 16.5 Å². The average Bonchev–Trinajstić information content (AvgIpc) is 2.13. The molecule has 0 aromatic rings. The van der Waals surface area contributed by atoms with Crippen LogP contribution in [-0.2, 0) is 10.0 Å². The summed E-state index contributed by atoms with van der Waals surface area (Å²) >= 11 is 0. The predicted octanol–water partition coefficient (Wildman–Crippen LogP) is 2.52. The van der Waals surface area contributed by atoms with E-state index in [0.29, 0.717) is 5.92 Å². The first-order chi connectivity index (χ1) is 6.54. The highest BCUT2D eigenvalue weighted by atomic mass is 32.2. The van der Waals surface area contributed by atoms with Crippen LogP contribution >= 0.6 is 0 Å². The Morgan fingerprint density at radius 3 is 1.80 bits per heavy atom. The minimum atomic E-state index is -3.53. The highest BCUT2D eigenvalue weighted by Crippen LogP contribution is 2.46. The second kappa shape index (κ2) is 4.42. The topological polar surface area (TPSA) is 60.2 Å². The first-order valence-electron chi connectivity index (χ1n) is 5.57. The van der Waals surface area contributed by atoms with Gasteiger partial charge in [-0.1, -0.05) is 34.1 Å². The van der Waals surface area contributed by atoms with Gasteiger partial charge in [0.25, 0.3) is 0 Å². The SMILES string of the molecule is CCC(C)C(C)(CC)C(C)(C)S(N)(=O)=O. The van der Waals surface area contributed by atoms with Crippen molar-refractivity contribution in [3.8, 4) is 0 Å². The maximum absolute atomic E-state index is 11.7. The van der Waals surface area contributed by atoms with Crippen LogP contribution in [0.15, 0.2) is 0 Å². The molecule has 2 N–H and O–H groups in total. The van der Waals surface area contributed by atoms with Crippen LogP contribution in [0.1, 0.15) is 54.4 Å². The summed E-state index contributed by atoms with van der Waals surface area (Å²) in [5.41, 5.74) is -0.282. The van der Waals surface area contributed by atoms with E-state index in [1.807, 2.05) is 13.8 Å². The number of nitrogens with two attached hydrogens (primary N) is 1. The molecule has 0 amide bonds. The Bertz CT molecular complexity index is 309. The van der Waals surface area contributed by atoms with Gasteiger partial charge in [0.15, 0.2) is 0 Å². The highest BCUT2D eigenvalue weighted by Gasteiger charge is 2.50. The third kappa shape index (κ3) is 2.36. The number of sulfonamides is 1. The quantitative estimate of drug-likeness (QED) is 0.796. The molecular formula is C11H25NO2S. The molecule has 2 atom stereocenters. The summed E-state index contributed by atoms with van der Waals surface area (Å²) < 4.78 is 22.4. The predicted molar refractivity (Wildman–Crippen MR) is 65.0 cm³/mol. The van der Waals surface area contributed by atoms with E-state index in [1.54, 1.807) is 13.8 Å². The normalized spacial score (nSPS) is 19.7. The molecule has 3 nitrogen and oxygen atoms in total. The van der Waals surface area contributed by atoms with E-state index in [-0.39, 0.29) is 5.41 Å². The maximum Gasteiger partial charge on any atom is 0.214 e. The zero-order valence-electron chi connectivity index (χ0n) is 10.8. The van der Waals surface area contributed by atoms with Crippen molar-refractivity contribution >= 4 is 10.0 Å². The van der Waals surface area contributed by atoms with Gasteiger partial charge in [0.2, 0.25) is 10.0 Å². The van der Waals surface area contributed by atoms with Crippen molar-refractivity contribution in [1.82, 2.24) is 0 Å². The lowest BCUT2D eigenvalue weighted by molar-refractivity contribution is 0.132. The third-order valence-corrected chi connectivity index (χ3v) is 6.41. The molecule has 0 fully saturated rings. The molecule has 0 aromatic heterocycles. The fourth-order valence-corrected chi connectivity index (χ4v) is 3.14. The van der Waals surface area contributed by atoms with Crippen LogP contribution < -0.4 is 5.14 Å². The lowest BCUT2D eigenvalue weighted by Crippen LogP contribution is -2.53. The van der Waals surface area contributed by atoms with Crippen LogP contribution in [0.4, 0.5) is 0 Å². The minimum Gasteiger partial charge on any atom is -0.228 e. The molecule has 0 rings (SSSR count). The largest absolute Gasteiger partial charge is 0.228 e. The van der Waals surface area contributed by atoms with E-state index in [4.69, 9.17) is 5.14 Å². The van der Waals surface area contributed by atoms with E-state index in [1.165, 1.54) is 0 Å². The summed E-state index contributed by atoms with van der Waals surface area (Å²) in [6, 6.07) is 0. The van der Waals surface area contributed by atoms with Crippen LogP contribution in [0, 0.1) is 11.3 Å². The van der Waals surface area contributed by atoms with Gasteiger partial charge in [-0.3, -0.25) is 0 Å². The summed E-state index contributed by atoms with van der Waals surface area (Å²) in [5, 5.41) is 5.34. The number of hydrogen-bond donors (Lipinski definition) is 1. The molecule has 0 saturated heterocycles. The van der Waals surface area contributed by atoms with E-state index in [2.05, 4.69) is 13.8 Å². The smallest absolute Gasteiger partial charge is 0.214 e. The molecule has 2 unspecified atom stereocenters. The van der Waals surface area contributed by atoms with Gasteiger partial charge in [0.05, 0.1) is 4.75 Å². The highest BCUT2D eigenvalue weighted by molar-refractivity contribution is 7.90. The summed E-state index contributed by atoms with van der Waals surface area (Å²) in [4.78, 5) is 0. The summed E-state index contributed by atoms with van der Waals surface area (Å²) in [5.74, 6) is 0.329. The molecule has 0 aliphatic carbocycles. The molecule has 0 radical (unpaired) electrons. The Labute approximate surface area is 94.5 Å². The zero-order chi connectivity index (χ0) is 12.5. The van der Waals surface area contributed by atoms with Crippen molar-refractivity contribution in [1.29, 1.82) is 0 Å². The van der Waals surface area contributed by atoms with Crippen molar-refractivity contribution in [3.05, 3.63) is 0 Å². The van der Waals surface area contributed by atoms with Gasteiger partial charge in [0.1, 0.15) is 0 Å². The van der Waals surface area contributed by atoms with Crippen molar-refractivity contribution < 1.29 is 8.42 Å². The first-order valence-corrected chi connectivity index (χ1v) is 7.11. The second-order valence-electron chi connectivity index (χ2n) is 5.14. The monoisotopic (exact) mass is 235 g/mol. The van der Waals surface area contributed by atoms with Gasteiger partial charge in [-0.05, 0) is 31.6 Å². The van der Waals surface area contributed by atoms with Crippen LogP contribution in [0.3, 0.4) is 0 Å². The maximum atomic E-state index is 11.7. The van der Waals surface area contributed by atoms with Crippen molar-refractivity contribution in [2.75, 3.05) is 0 Å². The molecular weight excluding hydrogens is 210 g/mol. The number of hydrogen-bond acceptors (Lipinski definition) is 2. The Balaban J connectivity index is 5.48. The van der Waals surface area contributed by atoms with Crippen LogP contribution in [-0.4, -0.2) is 13.2 Å².